The van der Waals surface area contributed by atoms with Crippen LogP contribution in [0.5, 0.6) is 5.75 Å². The first kappa shape index (κ1) is 20.9. The summed E-state index contributed by atoms with van der Waals surface area (Å²) in [7, 11) is -2.41. The van der Waals surface area contributed by atoms with Gasteiger partial charge in [0.15, 0.2) is 0 Å². The number of benzene rings is 2. The van der Waals surface area contributed by atoms with E-state index in [0.717, 1.165) is 16.4 Å². The fraction of sp³-hybridized carbons (Fsp3) is 0.250. The minimum absolute atomic E-state index is 0.0758. The molecule has 11 heteroatoms. The van der Waals surface area contributed by atoms with Gasteiger partial charge < -0.3 is 9.15 Å². The van der Waals surface area contributed by atoms with Crippen molar-refractivity contribution >= 4 is 21.9 Å². The zero-order valence-electron chi connectivity index (χ0n) is 16.5. The highest BCUT2D eigenvalue weighted by Crippen LogP contribution is 2.28. The fourth-order valence-electron chi connectivity index (χ4n) is 3.34. The van der Waals surface area contributed by atoms with Crippen LogP contribution in [0.1, 0.15) is 12.8 Å². The highest BCUT2D eigenvalue weighted by atomic mass is 32.2. The van der Waals surface area contributed by atoms with Crippen molar-refractivity contribution in [2.75, 3.05) is 19.0 Å². The lowest BCUT2D eigenvalue weighted by Gasteiger charge is -2.22. The summed E-state index contributed by atoms with van der Waals surface area (Å²) in [6, 6.07) is 10.3. The van der Waals surface area contributed by atoms with Gasteiger partial charge in [-0.1, -0.05) is 5.10 Å². The van der Waals surface area contributed by atoms with Crippen LogP contribution in [0.2, 0.25) is 0 Å². The second kappa shape index (κ2) is 8.44. The largest absolute Gasteiger partial charge is 0.497 e. The van der Waals surface area contributed by atoms with Gasteiger partial charge >= 0.3 is 6.01 Å². The maximum atomic E-state index is 13.2. The minimum Gasteiger partial charge on any atom is -0.497 e. The van der Waals surface area contributed by atoms with E-state index >= 15 is 0 Å². The zero-order chi connectivity index (χ0) is 22.0. The van der Waals surface area contributed by atoms with Crippen molar-refractivity contribution in [1.29, 1.82) is 0 Å². The number of methoxy groups -OCH3 is 1. The summed E-state index contributed by atoms with van der Waals surface area (Å²) in [6.45, 7) is 0.179. The Morgan fingerprint density at radius 2 is 1.87 bits per heavy atom. The number of amides is 1. The molecule has 1 atom stereocenters. The van der Waals surface area contributed by atoms with E-state index in [1.807, 2.05) is 0 Å². The molecule has 1 unspecified atom stereocenters. The summed E-state index contributed by atoms with van der Waals surface area (Å²) in [6.07, 6.45) is 0.852. The average molecular weight is 446 g/mol. The van der Waals surface area contributed by atoms with Crippen molar-refractivity contribution in [1.82, 2.24) is 14.5 Å². The van der Waals surface area contributed by atoms with E-state index < -0.39 is 27.8 Å². The van der Waals surface area contributed by atoms with Crippen LogP contribution < -0.4 is 10.1 Å². The third kappa shape index (κ3) is 4.28. The Labute approximate surface area is 177 Å². The lowest BCUT2D eigenvalue weighted by atomic mass is 10.2. The zero-order valence-corrected chi connectivity index (χ0v) is 17.3. The molecule has 0 radical (unpaired) electrons. The molecule has 9 nitrogen and oxygen atoms in total. The Hall–Kier alpha value is -3.31. The molecular weight excluding hydrogens is 427 g/mol. The summed E-state index contributed by atoms with van der Waals surface area (Å²) < 4.78 is 50.7. The van der Waals surface area contributed by atoms with Gasteiger partial charge in [0.1, 0.15) is 17.6 Å². The van der Waals surface area contributed by atoms with Crippen molar-refractivity contribution in [3.05, 3.63) is 54.3 Å². The Balaban J connectivity index is 1.49. The van der Waals surface area contributed by atoms with Gasteiger partial charge in [0, 0.05) is 12.1 Å². The van der Waals surface area contributed by atoms with Crippen molar-refractivity contribution in [2.24, 2.45) is 0 Å². The molecule has 0 saturated carbocycles. The number of anilines is 1. The molecular formula is C20H19FN4O5S. The smallest absolute Gasteiger partial charge is 0.322 e. The number of halogens is 1. The topological polar surface area (TPSA) is 115 Å². The summed E-state index contributed by atoms with van der Waals surface area (Å²) in [5.74, 6) is -0.257. The third-order valence-corrected chi connectivity index (χ3v) is 6.84. The SMILES string of the molecule is COc1ccc(-c2nnc(NC(=O)C3CCCN3S(=O)(=O)c3ccc(F)cc3)o2)cc1. The number of sulfonamides is 1. The van der Waals surface area contributed by atoms with Crippen LogP contribution in [0.4, 0.5) is 10.4 Å². The highest BCUT2D eigenvalue weighted by Gasteiger charge is 2.39. The molecule has 2 aromatic carbocycles. The molecule has 1 fully saturated rings. The quantitative estimate of drug-likeness (QED) is 0.619. The minimum atomic E-state index is -3.96. The van der Waals surface area contributed by atoms with Gasteiger partial charge in [0.05, 0.1) is 12.0 Å². The van der Waals surface area contributed by atoms with Gasteiger partial charge in [-0.25, -0.2) is 12.8 Å². The Morgan fingerprint density at radius 3 is 2.55 bits per heavy atom. The molecule has 4 rings (SSSR count). The van der Waals surface area contributed by atoms with E-state index in [1.54, 1.807) is 31.4 Å². The molecule has 1 saturated heterocycles. The standard InChI is InChI=1S/C20H19FN4O5S/c1-29-15-8-4-13(5-9-15)19-23-24-20(30-19)22-18(26)17-3-2-12-25(17)31(27,28)16-10-6-14(21)7-11-16/h4-11,17H,2-3,12H2,1H3,(H,22,24,26). The fourth-order valence-corrected chi connectivity index (χ4v) is 5.00. The number of hydrogen-bond acceptors (Lipinski definition) is 7. The van der Waals surface area contributed by atoms with Gasteiger partial charge in [-0.05, 0) is 61.4 Å². The van der Waals surface area contributed by atoms with E-state index in [0.29, 0.717) is 24.2 Å². The second-order valence-electron chi connectivity index (χ2n) is 6.86. The second-order valence-corrected chi connectivity index (χ2v) is 8.75. The molecule has 3 aromatic rings. The molecule has 1 aliphatic heterocycles. The summed E-state index contributed by atoms with van der Waals surface area (Å²) in [5.41, 5.74) is 0.634. The van der Waals surface area contributed by atoms with Crippen molar-refractivity contribution < 1.29 is 26.8 Å². The van der Waals surface area contributed by atoms with Crippen LogP contribution in [0.25, 0.3) is 11.5 Å². The van der Waals surface area contributed by atoms with Crippen LogP contribution in [-0.4, -0.2) is 48.5 Å². The summed E-state index contributed by atoms with van der Waals surface area (Å²) >= 11 is 0. The number of ether oxygens (including phenoxy) is 1. The number of nitrogens with one attached hydrogen (secondary N) is 1. The van der Waals surface area contributed by atoms with Gasteiger partial charge in [0.25, 0.3) is 0 Å². The number of rotatable bonds is 6. The monoisotopic (exact) mass is 446 g/mol. The van der Waals surface area contributed by atoms with Crippen molar-refractivity contribution in [2.45, 2.75) is 23.8 Å². The summed E-state index contributed by atoms with van der Waals surface area (Å²) in [4.78, 5) is 12.7. The van der Waals surface area contributed by atoms with Crippen molar-refractivity contribution in [3.8, 4) is 17.2 Å². The van der Waals surface area contributed by atoms with Crippen LogP contribution >= 0.6 is 0 Å². The van der Waals surface area contributed by atoms with Gasteiger partial charge in [-0.15, -0.1) is 5.10 Å². The molecule has 2 heterocycles. The first-order chi connectivity index (χ1) is 14.9. The molecule has 0 bridgehead atoms. The lowest BCUT2D eigenvalue weighted by Crippen LogP contribution is -2.43. The molecule has 1 aliphatic rings. The highest BCUT2D eigenvalue weighted by molar-refractivity contribution is 7.89. The predicted octanol–water partition coefficient (Wildman–Crippen LogP) is 2.68. The molecule has 31 heavy (non-hydrogen) atoms. The normalized spacial score (nSPS) is 16.9. The van der Waals surface area contributed by atoms with Crippen molar-refractivity contribution in [3.63, 3.8) is 0 Å². The number of nitrogens with zero attached hydrogens (tertiary/aromatic N) is 3. The molecule has 0 spiro atoms. The maximum absolute atomic E-state index is 13.2. The first-order valence-electron chi connectivity index (χ1n) is 9.45. The lowest BCUT2D eigenvalue weighted by molar-refractivity contribution is -0.119. The van der Waals surface area contributed by atoms with E-state index in [4.69, 9.17) is 9.15 Å². The van der Waals surface area contributed by atoms with Crippen LogP contribution in [0.3, 0.4) is 0 Å². The Morgan fingerprint density at radius 1 is 1.16 bits per heavy atom. The molecule has 1 N–H and O–H groups in total. The van der Waals surface area contributed by atoms with Crippen LogP contribution in [0, 0.1) is 5.82 Å². The molecule has 0 aliphatic carbocycles. The van der Waals surface area contributed by atoms with Crippen LogP contribution in [-0.2, 0) is 14.8 Å². The summed E-state index contributed by atoms with van der Waals surface area (Å²) in [5, 5.41) is 10.2. The predicted molar refractivity (Wildman–Crippen MR) is 108 cm³/mol. The van der Waals surface area contributed by atoms with E-state index in [-0.39, 0.29) is 23.3 Å². The number of aromatic nitrogens is 2. The first-order valence-corrected chi connectivity index (χ1v) is 10.9. The molecule has 1 amide bonds. The van der Waals surface area contributed by atoms with Gasteiger partial charge in [0.2, 0.25) is 21.8 Å². The van der Waals surface area contributed by atoms with Crippen LogP contribution in [0.15, 0.2) is 57.8 Å². The van der Waals surface area contributed by atoms with E-state index in [1.165, 1.54) is 12.1 Å². The van der Waals surface area contributed by atoms with E-state index in [9.17, 15) is 17.6 Å². The average Bonchev–Trinajstić information content (AvgIpc) is 3.44. The Bertz CT molecular complexity index is 1180. The number of hydrogen-bond donors (Lipinski definition) is 1. The van der Waals surface area contributed by atoms with Gasteiger partial charge in [-0.3, -0.25) is 10.1 Å². The third-order valence-electron chi connectivity index (χ3n) is 4.92. The Kier molecular flexibility index (Phi) is 5.70. The number of carbonyl (C=O) groups excluding carboxylic acids is 1. The van der Waals surface area contributed by atoms with Gasteiger partial charge in [-0.2, -0.15) is 4.31 Å². The molecule has 162 valence electrons. The van der Waals surface area contributed by atoms with E-state index in [2.05, 4.69) is 15.5 Å². The maximum Gasteiger partial charge on any atom is 0.322 e. The number of carbonyl (C=O) groups is 1. The molecule has 1 aromatic heterocycles.